The van der Waals surface area contributed by atoms with E-state index in [1.165, 1.54) is 11.8 Å². The van der Waals surface area contributed by atoms with Gasteiger partial charge in [0.25, 0.3) is 11.8 Å². The molecule has 1 atom stereocenters. The fourth-order valence-electron chi connectivity index (χ4n) is 2.99. The molecule has 2 aromatic carbocycles. The number of para-hydroxylation sites is 1. The van der Waals surface area contributed by atoms with Gasteiger partial charge in [-0.05, 0) is 54.3 Å². The number of hydrogen-bond acceptors (Lipinski definition) is 4. The summed E-state index contributed by atoms with van der Waals surface area (Å²) in [5.74, 6) is 0.587. The molecular weight excluding hydrogens is 390 g/mol. The number of carbonyl (C=O) groups excluding carboxylic acids is 2. The van der Waals surface area contributed by atoms with E-state index in [1.807, 2.05) is 42.5 Å². The molecule has 0 aliphatic carbocycles. The number of anilines is 1. The van der Waals surface area contributed by atoms with E-state index in [-0.39, 0.29) is 18.4 Å². The molecule has 2 amide bonds. The van der Waals surface area contributed by atoms with Crippen LogP contribution >= 0.6 is 0 Å². The molecule has 0 saturated carbocycles. The molecule has 0 spiro atoms. The molecular formula is C25H27N3O3. The van der Waals surface area contributed by atoms with Gasteiger partial charge in [0.15, 0.2) is 6.10 Å². The number of pyridine rings is 1. The van der Waals surface area contributed by atoms with Crippen LogP contribution in [0, 0.1) is 0 Å². The molecule has 6 nitrogen and oxygen atoms in total. The van der Waals surface area contributed by atoms with Gasteiger partial charge in [-0.2, -0.15) is 0 Å². The Morgan fingerprint density at radius 2 is 1.71 bits per heavy atom. The minimum atomic E-state index is -0.678. The maximum atomic E-state index is 12.7. The molecule has 0 aliphatic rings. The number of benzene rings is 2. The van der Waals surface area contributed by atoms with E-state index in [0.29, 0.717) is 22.9 Å². The summed E-state index contributed by atoms with van der Waals surface area (Å²) in [6, 6.07) is 18.5. The van der Waals surface area contributed by atoms with Crippen molar-refractivity contribution in [2.75, 3.05) is 5.32 Å². The summed E-state index contributed by atoms with van der Waals surface area (Å²) in [5, 5.41) is 5.75. The van der Waals surface area contributed by atoms with Crippen LogP contribution in [0.15, 0.2) is 73.1 Å². The molecule has 0 fully saturated rings. The van der Waals surface area contributed by atoms with Crippen LogP contribution in [0.2, 0.25) is 0 Å². The summed E-state index contributed by atoms with van der Waals surface area (Å²) in [4.78, 5) is 28.9. The molecule has 3 rings (SSSR count). The average Bonchev–Trinajstić information content (AvgIpc) is 2.79. The molecule has 31 heavy (non-hydrogen) atoms. The molecule has 160 valence electrons. The monoisotopic (exact) mass is 417 g/mol. The predicted molar refractivity (Wildman–Crippen MR) is 121 cm³/mol. The maximum Gasteiger partial charge on any atom is 0.265 e. The van der Waals surface area contributed by atoms with Crippen molar-refractivity contribution in [1.82, 2.24) is 10.3 Å². The zero-order valence-corrected chi connectivity index (χ0v) is 18.0. The summed E-state index contributed by atoms with van der Waals surface area (Å²) >= 11 is 0. The zero-order valence-electron chi connectivity index (χ0n) is 18.0. The highest BCUT2D eigenvalue weighted by Gasteiger charge is 2.17. The van der Waals surface area contributed by atoms with Gasteiger partial charge in [0.2, 0.25) is 0 Å². The van der Waals surface area contributed by atoms with Gasteiger partial charge < -0.3 is 15.4 Å². The van der Waals surface area contributed by atoms with E-state index in [1.54, 1.807) is 31.3 Å². The molecule has 3 aromatic rings. The van der Waals surface area contributed by atoms with Gasteiger partial charge in [-0.25, -0.2) is 0 Å². The highest BCUT2D eigenvalue weighted by Crippen LogP contribution is 2.20. The molecule has 0 aliphatic heterocycles. The van der Waals surface area contributed by atoms with Crippen molar-refractivity contribution in [1.29, 1.82) is 0 Å². The predicted octanol–water partition coefficient (Wildman–Crippen LogP) is 4.54. The highest BCUT2D eigenvalue weighted by atomic mass is 16.5. The van der Waals surface area contributed by atoms with Crippen LogP contribution in [0.3, 0.4) is 0 Å². The number of hydrogen-bond donors (Lipinski definition) is 2. The first-order chi connectivity index (χ1) is 14.9. The smallest absolute Gasteiger partial charge is 0.265 e. The van der Waals surface area contributed by atoms with Crippen LogP contribution in [0.1, 0.15) is 48.2 Å². The van der Waals surface area contributed by atoms with Gasteiger partial charge in [0, 0.05) is 24.6 Å². The van der Waals surface area contributed by atoms with Gasteiger partial charge in [-0.3, -0.25) is 14.6 Å². The Bertz CT molecular complexity index is 1020. The van der Waals surface area contributed by atoms with Crippen LogP contribution < -0.4 is 15.4 Å². The first-order valence-electron chi connectivity index (χ1n) is 10.3. The van der Waals surface area contributed by atoms with E-state index in [2.05, 4.69) is 29.5 Å². The standard InChI is InChI=1S/C25H27N3O3/c1-17(2)19-10-12-22(13-11-19)31-18(3)24(29)28-23-9-5-4-7-20(23)16-27-25(30)21-8-6-14-26-15-21/h4-15,17-18H,16H2,1-3H3,(H,27,30)(H,28,29). The number of ether oxygens (including phenoxy) is 1. The van der Waals surface area contributed by atoms with E-state index < -0.39 is 6.10 Å². The third-order valence-corrected chi connectivity index (χ3v) is 4.87. The van der Waals surface area contributed by atoms with Crippen LogP contribution in [0.25, 0.3) is 0 Å². The third kappa shape index (κ3) is 6.15. The van der Waals surface area contributed by atoms with E-state index in [0.717, 1.165) is 5.56 Å². The van der Waals surface area contributed by atoms with Gasteiger partial charge in [-0.15, -0.1) is 0 Å². The molecule has 1 heterocycles. The lowest BCUT2D eigenvalue weighted by molar-refractivity contribution is -0.122. The number of carbonyl (C=O) groups is 2. The SMILES string of the molecule is CC(Oc1ccc(C(C)C)cc1)C(=O)Nc1ccccc1CNC(=O)c1cccnc1. The van der Waals surface area contributed by atoms with Crippen LogP contribution in [-0.2, 0) is 11.3 Å². The fourth-order valence-corrected chi connectivity index (χ4v) is 2.99. The summed E-state index contributed by atoms with van der Waals surface area (Å²) in [5.41, 5.74) is 3.12. The first kappa shape index (κ1) is 22.0. The Morgan fingerprint density at radius 1 is 0.968 bits per heavy atom. The Kier molecular flexibility index (Phi) is 7.38. The summed E-state index contributed by atoms with van der Waals surface area (Å²) in [6.45, 7) is 6.24. The van der Waals surface area contributed by atoms with Crippen molar-refractivity contribution in [2.45, 2.75) is 39.3 Å². The minimum Gasteiger partial charge on any atom is -0.481 e. The number of amides is 2. The molecule has 0 saturated heterocycles. The summed E-state index contributed by atoms with van der Waals surface area (Å²) < 4.78 is 5.79. The topological polar surface area (TPSA) is 80.3 Å². The first-order valence-corrected chi connectivity index (χ1v) is 10.3. The number of nitrogens with one attached hydrogen (secondary N) is 2. The van der Waals surface area contributed by atoms with Crippen molar-refractivity contribution in [3.05, 3.63) is 89.7 Å². The Labute approximate surface area is 182 Å². The highest BCUT2D eigenvalue weighted by molar-refractivity contribution is 5.95. The second kappa shape index (κ2) is 10.4. The largest absolute Gasteiger partial charge is 0.481 e. The van der Waals surface area contributed by atoms with Gasteiger partial charge in [0.1, 0.15) is 5.75 Å². The third-order valence-electron chi connectivity index (χ3n) is 4.87. The van der Waals surface area contributed by atoms with Gasteiger partial charge in [-0.1, -0.05) is 44.2 Å². The summed E-state index contributed by atoms with van der Waals surface area (Å²) in [7, 11) is 0. The quantitative estimate of drug-likeness (QED) is 0.564. The van der Waals surface area contributed by atoms with Crippen LogP contribution in [-0.4, -0.2) is 22.9 Å². The van der Waals surface area contributed by atoms with Gasteiger partial charge >= 0.3 is 0 Å². The van der Waals surface area contributed by atoms with E-state index >= 15 is 0 Å². The second-order valence-electron chi connectivity index (χ2n) is 7.55. The Hall–Kier alpha value is -3.67. The lowest BCUT2D eigenvalue weighted by atomic mass is 10.0. The van der Waals surface area contributed by atoms with Crippen LogP contribution in [0.5, 0.6) is 5.75 Å². The molecule has 0 radical (unpaired) electrons. The van der Waals surface area contributed by atoms with Crippen molar-refractivity contribution in [3.8, 4) is 5.75 Å². The second-order valence-corrected chi connectivity index (χ2v) is 7.55. The number of rotatable bonds is 8. The van der Waals surface area contributed by atoms with Crippen LogP contribution in [0.4, 0.5) is 5.69 Å². The van der Waals surface area contributed by atoms with Crippen molar-refractivity contribution in [2.24, 2.45) is 0 Å². The van der Waals surface area contributed by atoms with Gasteiger partial charge in [0.05, 0.1) is 5.56 Å². The normalized spacial score (nSPS) is 11.6. The molecule has 6 heteroatoms. The fraction of sp³-hybridized carbons (Fsp3) is 0.240. The average molecular weight is 418 g/mol. The van der Waals surface area contributed by atoms with E-state index in [9.17, 15) is 9.59 Å². The molecule has 0 bridgehead atoms. The molecule has 1 aromatic heterocycles. The number of nitrogens with zero attached hydrogens (tertiary/aromatic N) is 1. The van der Waals surface area contributed by atoms with Crippen molar-refractivity contribution in [3.63, 3.8) is 0 Å². The number of aromatic nitrogens is 1. The van der Waals surface area contributed by atoms with E-state index in [4.69, 9.17) is 4.74 Å². The maximum absolute atomic E-state index is 12.7. The molecule has 1 unspecified atom stereocenters. The summed E-state index contributed by atoms with van der Waals surface area (Å²) in [6.07, 6.45) is 2.45. The lowest BCUT2D eigenvalue weighted by Crippen LogP contribution is -2.31. The van der Waals surface area contributed by atoms with Crippen molar-refractivity contribution < 1.29 is 14.3 Å². The molecule has 2 N–H and O–H groups in total. The lowest BCUT2D eigenvalue weighted by Gasteiger charge is -2.17. The Morgan fingerprint density at radius 3 is 2.39 bits per heavy atom. The van der Waals surface area contributed by atoms with Crippen molar-refractivity contribution >= 4 is 17.5 Å². The zero-order chi connectivity index (χ0) is 22.2. The Balaban J connectivity index is 1.60. The minimum absolute atomic E-state index is 0.226.